The normalized spacial score (nSPS) is 16.8. The van der Waals surface area contributed by atoms with Crippen molar-refractivity contribution in [2.75, 3.05) is 6.61 Å². The van der Waals surface area contributed by atoms with Crippen molar-refractivity contribution in [2.24, 2.45) is 5.73 Å². The Bertz CT molecular complexity index is 388. The molecular formula is C12H16ClNO. The van der Waals surface area contributed by atoms with Crippen molar-refractivity contribution in [3.8, 4) is 5.75 Å². The van der Waals surface area contributed by atoms with Crippen LogP contribution in [0.2, 0.25) is 5.02 Å². The smallest absolute Gasteiger partial charge is 0.141 e. The average Bonchev–Trinajstić information content (AvgIpc) is 2.23. The molecular weight excluding hydrogens is 210 g/mol. The van der Waals surface area contributed by atoms with Crippen LogP contribution in [0.15, 0.2) is 6.07 Å². The van der Waals surface area contributed by atoms with Crippen LogP contribution in [0.25, 0.3) is 0 Å². The second-order valence-electron chi connectivity index (χ2n) is 4.12. The largest absolute Gasteiger partial charge is 0.492 e. The van der Waals surface area contributed by atoms with Crippen LogP contribution in [0.5, 0.6) is 5.75 Å². The van der Waals surface area contributed by atoms with Crippen LogP contribution in [0.3, 0.4) is 0 Å². The first kappa shape index (κ1) is 10.8. The van der Waals surface area contributed by atoms with Gasteiger partial charge < -0.3 is 10.5 Å². The number of nitrogens with two attached hydrogens (primary N) is 1. The molecule has 1 atom stereocenters. The third-order valence-corrected chi connectivity index (χ3v) is 3.25. The molecule has 1 aromatic rings. The van der Waals surface area contributed by atoms with Gasteiger partial charge in [-0.1, -0.05) is 11.6 Å². The summed E-state index contributed by atoms with van der Waals surface area (Å²) in [6, 6.07) is 1.96. The molecule has 0 radical (unpaired) electrons. The van der Waals surface area contributed by atoms with E-state index in [-0.39, 0.29) is 6.04 Å². The Morgan fingerprint density at radius 3 is 2.93 bits per heavy atom. The maximum atomic E-state index is 6.18. The van der Waals surface area contributed by atoms with Gasteiger partial charge in [0, 0.05) is 6.04 Å². The summed E-state index contributed by atoms with van der Waals surface area (Å²) in [5, 5.41) is 0.697. The molecule has 0 aromatic heterocycles. The zero-order valence-electron chi connectivity index (χ0n) is 9.14. The van der Waals surface area contributed by atoms with Crippen LogP contribution in [0.1, 0.15) is 36.1 Å². The van der Waals surface area contributed by atoms with E-state index in [9.17, 15) is 0 Å². The second kappa shape index (κ2) is 4.03. The molecule has 1 aliphatic heterocycles. The van der Waals surface area contributed by atoms with Crippen LogP contribution in [-0.2, 0) is 6.42 Å². The summed E-state index contributed by atoms with van der Waals surface area (Å²) >= 11 is 6.18. The average molecular weight is 226 g/mol. The molecule has 0 saturated heterocycles. The minimum Gasteiger partial charge on any atom is -0.492 e. The Morgan fingerprint density at radius 1 is 1.53 bits per heavy atom. The first-order valence-corrected chi connectivity index (χ1v) is 5.69. The third-order valence-electron chi connectivity index (χ3n) is 2.97. The van der Waals surface area contributed by atoms with Crippen molar-refractivity contribution >= 4 is 11.6 Å². The highest BCUT2D eigenvalue weighted by Crippen LogP contribution is 2.38. The van der Waals surface area contributed by atoms with Gasteiger partial charge in [0.05, 0.1) is 11.6 Å². The Labute approximate surface area is 95.4 Å². The van der Waals surface area contributed by atoms with E-state index in [0.717, 1.165) is 30.8 Å². The number of fused-ring (bicyclic) bond motifs is 1. The molecule has 0 amide bonds. The molecule has 1 heterocycles. The van der Waals surface area contributed by atoms with Crippen LogP contribution in [0, 0.1) is 6.92 Å². The maximum Gasteiger partial charge on any atom is 0.141 e. The van der Waals surface area contributed by atoms with Gasteiger partial charge >= 0.3 is 0 Å². The van der Waals surface area contributed by atoms with E-state index in [1.165, 1.54) is 11.1 Å². The third kappa shape index (κ3) is 1.84. The quantitative estimate of drug-likeness (QED) is 0.798. The lowest BCUT2D eigenvalue weighted by Gasteiger charge is -2.23. The zero-order valence-corrected chi connectivity index (χ0v) is 9.90. The Kier molecular flexibility index (Phi) is 2.89. The van der Waals surface area contributed by atoms with E-state index < -0.39 is 0 Å². The number of halogens is 1. The molecule has 1 aliphatic rings. The lowest BCUT2D eigenvalue weighted by atomic mass is 9.93. The summed E-state index contributed by atoms with van der Waals surface area (Å²) in [5.41, 5.74) is 9.52. The SMILES string of the molecule is Cc1c(C(C)N)cc(Cl)c2c1CCCO2. The molecule has 0 saturated carbocycles. The molecule has 2 rings (SSSR count). The van der Waals surface area contributed by atoms with Crippen LogP contribution in [0.4, 0.5) is 0 Å². The maximum absolute atomic E-state index is 6.18. The predicted octanol–water partition coefficient (Wildman–Crippen LogP) is 2.99. The molecule has 1 aromatic carbocycles. The lowest BCUT2D eigenvalue weighted by molar-refractivity contribution is 0.288. The number of rotatable bonds is 1. The van der Waals surface area contributed by atoms with Gasteiger partial charge in [-0.05, 0) is 49.4 Å². The fraction of sp³-hybridized carbons (Fsp3) is 0.500. The van der Waals surface area contributed by atoms with Gasteiger partial charge in [0.15, 0.2) is 0 Å². The van der Waals surface area contributed by atoms with Crippen molar-refractivity contribution in [1.29, 1.82) is 0 Å². The van der Waals surface area contributed by atoms with Crippen molar-refractivity contribution < 1.29 is 4.74 Å². The molecule has 1 unspecified atom stereocenters. The summed E-state index contributed by atoms with van der Waals surface area (Å²) in [5.74, 6) is 0.866. The van der Waals surface area contributed by atoms with E-state index >= 15 is 0 Å². The summed E-state index contributed by atoms with van der Waals surface area (Å²) in [7, 11) is 0. The minimum atomic E-state index is 0.0229. The Hall–Kier alpha value is -0.730. The molecule has 2 N–H and O–H groups in total. The van der Waals surface area contributed by atoms with E-state index in [1.54, 1.807) is 0 Å². The lowest BCUT2D eigenvalue weighted by Crippen LogP contribution is -2.14. The van der Waals surface area contributed by atoms with Gasteiger partial charge in [-0.25, -0.2) is 0 Å². The number of hydrogen-bond donors (Lipinski definition) is 1. The molecule has 0 fully saturated rings. The molecule has 0 bridgehead atoms. The molecule has 2 nitrogen and oxygen atoms in total. The highest BCUT2D eigenvalue weighted by Gasteiger charge is 2.19. The fourth-order valence-corrected chi connectivity index (χ4v) is 2.44. The number of hydrogen-bond acceptors (Lipinski definition) is 2. The second-order valence-corrected chi connectivity index (χ2v) is 4.53. The molecule has 0 aliphatic carbocycles. The standard InChI is InChI=1S/C12H16ClNO/c1-7-9-4-3-5-15-12(9)11(13)6-10(7)8(2)14/h6,8H,3-5,14H2,1-2H3. The Balaban J connectivity index is 2.59. The summed E-state index contributed by atoms with van der Waals surface area (Å²) in [6.07, 6.45) is 2.11. The van der Waals surface area contributed by atoms with Crippen molar-refractivity contribution in [3.63, 3.8) is 0 Å². The van der Waals surface area contributed by atoms with Crippen molar-refractivity contribution in [3.05, 3.63) is 27.8 Å². The van der Waals surface area contributed by atoms with Gasteiger partial charge in [-0.15, -0.1) is 0 Å². The van der Waals surface area contributed by atoms with Crippen LogP contribution < -0.4 is 10.5 Å². The minimum absolute atomic E-state index is 0.0229. The summed E-state index contributed by atoms with van der Waals surface area (Å²) in [4.78, 5) is 0. The first-order chi connectivity index (χ1) is 7.11. The predicted molar refractivity (Wildman–Crippen MR) is 62.6 cm³/mol. The highest BCUT2D eigenvalue weighted by molar-refractivity contribution is 6.32. The van der Waals surface area contributed by atoms with Crippen LogP contribution in [-0.4, -0.2) is 6.61 Å². The van der Waals surface area contributed by atoms with Gasteiger partial charge in [-0.2, -0.15) is 0 Å². The molecule has 0 spiro atoms. The number of benzene rings is 1. The van der Waals surface area contributed by atoms with Crippen LogP contribution >= 0.6 is 11.6 Å². The summed E-state index contributed by atoms with van der Waals surface area (Å²) < 4.78 is 5.60. The molecule has 15 heavy (non-hydrogen) atoms. The van der Waals surface area contributed by atoms with Crippen molar-refractivity contribution in [1.82, 2.24) is 0 Å². The Morgan fingerprint density at radius 2 is 2.27 bits per heavy atom. The van der Waals surface area contributed by atoms with Gasteiger partial charge in [-0.3, -0.25) is 0 Å². The van der Waals surface area contributed by atoms with Gasteiger partial charge in [0.25, 0.3) is 0 Å². The van der Waals surface area contributed by atoms with Gasteiger partial charge in [0.2, 0.25) is 0 Å². The van der Waals surface area contributed by atoms with Gasteiger partial charge in [0.1, 0.15) is 5.75 Å². The van der Waals surface area contributed by atoms with E-state index in [1.807, 2.05) is 13.0 Å². The van der Waals surface area contributed by atoms with E-state index in [4.69, 9.17) is 22.1 Å². The highest BCUT2D eigenvalue weighted by atomic mass is 35.5. The fourth-order valence-electron chi connectivity index (χ4n) is 2.15. The van der Waals surface area contributed by atoms with Crippen molar-refractivity contribution in [2.45, 2.75) is 32.7 Å². The topological polar surface area (TPSA) is 35.2 Å². The molecule has 3 heteroatoms. The first-order valence-electron chi connectivity index (χ1n) is 5.31. The van der Waals surface area contributed by atoms with E-state index in [0.29, 0.717) is 5.02 Å². The zero-order chi connectivity index (χ0) is 11.0. The molecule has 82 valence electrons. The van der Waals surface area contributed by atoms with E-state index in [2.05, 4.69) is 6.92 Å². The monoisotopic (exact) mass is 225 g/mol. The number of ether oxygens (including phenoxy) is 1. The summed E-state index contributed by atoms with van der Waals surface area (Å²) in [6.45, 7) is 4.85.